The molecule has 0 aromatic heterocycles. The number of hydrogen-bond donors (Lipinski definition) is 1. The molecule has 0 bridgehead atoms. The molecule has 0 aliphatic heterocycles. The molecule has 2 aliphatic rings. The second-order valence-electron chi connectivity index (χ2n) is 8.22. The predicted octanol–water partition coefficient (Wildman–Crippen LogP) is 4.43. The molecule has 1 N–H and O–H groups in total. The highest BCUT2D eigenvalue weighted by Crippen LogP contribution is 2.22. The van der Waals surface area contributed by atoms with Crippen LogP contribution < -0.4 is 5.32 Å². The van der Waals surface area contributed by atoms with Gasteiger partial charge in [-0.3, -0.25) is 0 Å². The van der Waals surface area contributed by atoms with E-state index in [4.69, 9.17) is 9.83 Å². The molecule has 0 saturated heterocycles. The molecule has 1 radical (unpaired) electrons. The number of rotatable bonds is 4. The van der Waals surface area contributed by atoms with Gasteiger partial charge in [-0.15, -0.1) is 5.06 Å². The maximum atomic E-state index is 12.5. The summed E-state index contributed by atoms with van der Waals surface area (Å²) in [5.41, 5.74) is 0. The van der Waals surface area contributed by atoms with E-state index in [0.29, 0.717) is 18.1 Å². The second kappa shape index (κ2) is 10.6. The van der Waals surface area contributed by atoms with Crippen molar-refractivity contribution in [2.75, 3.05) is 0 Å². The highest BCUT2D eigenvalue weighted by atomic mass is 16.7. The Morgan fingerprint density at radius 1 is 0.962 bits per heavy atom. The molecule has 0 aromatic rings. The smallest absolute Gasteiger partial charge is 0.336 e. The van der Waals surface area contributed by atoms with Crippen LogP contribution in [0.15, 0.2) is 9.98 Å². The van der Waals surface area contributed by atoms with E-state index in [1.165, 1.54) is 43.6 Å². The summed E-state index contributed by atoms with van der Waals surface area (Å²) in [5.74, 6) is 0. The van der Waals surface area contributed by atoms with Crippen LogP contribution in [0.3, 0.4) is 0 Å². The van der Waals surface area contributed by atoms with E-state index < -0.39 is 0 Å². The minimum absolute atomic E-state index is 0.0580. The summed E-state index contributed by atoms with van der Waals surface area (Å²) >= 11 is 0. The van der Waals surface area contributed by atoms with E-state index in [2.05, 4.69) is 10.3 Å². The van der Waals surface area contributed by atoms with Gasteiger partial charge in [0.1, 0.15) is 0 Å². The molecule has 2 aliphatic carbocycles. The molecule has 0 spiro atoms. The van der Waals surface area contributed by atoms with Crippen LogP contribution in [0, 0.1) is 0 Å². The zero-order chi connectivity index (χ0) is 18.9. The minimum Gasteiger partial charge on any atom is -0.336 e. The average Bonchev–Trinajstić information content (AvgIpc) is 2.60. The van der Waals surface area contributed by atoms with Gasteiger partial charge in [0.05, 0.1) is 18.1 Å². The summed E-state index contributed by atoms with van der Waals surface area (Å²) in [6, 6.07) is 0.687. The molecule has 0 aromatic carbocycles. The Morgan fingerprint density at radius 2 is 1.54 bits per heavy atom. The fourth-order valence-corrected chi connectivity index (χ4v) is 3.62. The quantitative estimate of drug-likeness (QED) is 0.455. The highest BCUT2D eigenvalue weighted by Gasteiger charge is 2.24. The molecular formula is C20H37N4O2. The molecule has 6 heteroatoms. The fourth-order valence-electron chi connectivity index (χ4n) is 3.62. The van der Waals surface area contributed by atoms with E-state index in [-0.39, 0.29) is 18.1 Å². The van der Waals surface area contributed by atoms with Crippen molar-refractivity contribution >= 4 is 12.0 Å². The van der Waals surface area contributed by atoms with Crippen molar-refractivity contribution in [1.29, 1.82) is 0 Å². The Kier molecular flexibility index (Phi) is 8.52. The zero-order valence-electron chi connectivity index (χ0n) is 17.0. The molecule has 0 atom stereocenters. The average molecular weight is 366 g/mol. The van der Waals surface area contributed by atoms with Crippen LogP contribution in [0.4, 0.5) is 0 Å². The standard InChI is InChI=1S/C20H37N4O2/c1-15(2)21-20(25)24(16(3)4)26-19(22-17-11-7-5-8-12-17)23-18-13-9-6-10-14-18/h15-18H,5-14H2,1-4H3,(H,22,23). The number of hydrogen-bond acceptors (Lipinski definition) is 3. The van der Waals surface area contributed by atoms with Crippen molar-refractivity contribution in [2.24, 2.45) is 9.98 Å². The maximum absolute atomic E-state index is 12.5. The van der Waals surface area contributed by atoms with Crippen molar-refractivity contribution in [3.05, 3.63) is 0 Å². The van der Waals surface area contributed by atoms with Crippen LogP contribution in [-0.2, 0) is 9.94 Å². The van der Waals surface area contributed by atoms with Gasteiger partial charge in [0.15, 0.2) is 0 Å². The van der Waals surface area contributed by atoms with E-state index in [0.717, 1.165) is 25.7 Å². The van der Waals surface area contributed by atoms with Gasteiger partial charge >= 0.3 is 12.0 Å². The summed E-state index contributed by atoms with van der Waals surface area (Å²) in [5, 5.41) is 17.3. The third-order valence-electron chi connectivity index (χ3n) is 5.02. The Morgan fingerprint density at radius 3 is 2.08 bits per heavy atom. The van der Waals surface area contributed by atoms with Crippen molar-refractivity contribution < 1.29 is 9.94 Å². The zero-order valence-corrected chi connectivity index (χ0v) is 17.0. The lowest BCUT2D eigenvalue weighted by Gasteiger charge is -2.30. The Labute approximate surface area is 159 Å². The van der Waals surface area contributed by atoms with E-state index in [1.54, 1.807) is 0 Å². The molecule has 0 heterocycles. The van der Waals surface area contributed by atoms with Gasteiger partial charge in [0.25, 0.3) is 0 Å². The number of aliphatic imine (C=N–C) groups is 2. The molecule has 0 amide bonds. The minimum atomic E-state index is -0.336. The van der Waals surface area contributed by atoms with Crippen molar-refractivity contribution in [1.82, 2.24) is 10.4 Å². The van der Waals surface area contributed by atoms with Crippen LogP contribution in [-0.4, -0.2) is 41.3 Å². The summed E-state index contributed by atoms with van der Waals surface area (Å²) < 4.78 is 0. The third-order valence-corrected chi connectivity index (χ3v) is 5.02. The first-order chi connectivity index (χ1) is 12.5. The van der Waals surface area contributed by atoms with Gasteiger partial charge in [0, 0.05) is 6.04 Å². The SMILES string of the molecule is CC(C)N=C([O])N(OC(=NC1CCCCC1)NC1CCCCC1)C(C)C. The van der Waals surface area contributed by atoms with Gasteiger partial charge < -0.3 is 10.2 Å². The van der Waals surface area contributed by atoms with Gasteiger partial charge in [-0.25, -0.2) is 15.1 Å². The van der Waals surface area contributed by atoms with E-state index >= 15 is 0 Å². The number of amidine groups is 2. The lowest BCUT2D eigenvalue weighted by molar-refractivity contribution is -0.0550. The van der Waals surface area contributed by atoms with Crippen LogP contribution in [0.1, 0.15) is 91.9 Å². The third kappa shape index (κ3) is 7.04. The lowest BCUT2D eigenvalue weighted by atomic mass is 9.95. The first-order valence-corrected chi connectivity index (χ1v) is 10.5. The van der Waals surface area contributed by atoms with Crippen molar-refractivity contribution in [3.63, 3.8) is 0 Å². The number of hydroxylamine groups is 2. The Hall–Kier alpha value is -1.46. The topological polar surface area (TPSA) is 69.1 Å². The van der Waals surface area contributed by atoms with Crippen LogP contribution in [0.25, 0.3) is 0 Å². The van der Waals surface area contributed by atoms with Gasteiger partial charge in [-0.2, -0.15) is 0 Å². The van der Waals surface area contributed by atoms with Gasteiger partial charge in [-0.05, 0) is 53.4 Å². The Balaban J connectivity index is 2.12. The van der Waals surface area contributed by atoms with E-state index in [1.807, 2.05) is 27.7 Å². The summed E-state index contributed by atoms with van der Waals surface area (Å²) in [6.45, 7) is 7.67. The van der Waals surface area contributed by atoms with Crippen LogP contribution >= 0.6 is 0 Å². The molecule has 26 heavy (non-hydrogen) atoms. The monoisotopic (exact) mass is 365 g/mol. The fraction of sp³-hybridized carbons (Fsp3) is 0.900. The van der Waals surface area contributed by atoms with Gasteiger partial charge in [-0.1, -0.05) is 38.5 Å². The number of nitrogens with one attached hydrogen (secondary N) is 1. The van der Waals surface area contributed by atoms with Crippen LogP contribution in [0.5, 0.6) is 0 Å². The van der Waals surface area contributed by atoms with E-state index in [9.17, 15) is 5.11 Å². The first kappa shape index (κ1) is 20.8. The molecule has 0 unspecified atom stereocenters. The molecule has 149 valence electrons. The normalized spacial score (nSPS) is 21.3. The molecular weight excluding hydrogens is 328 g/mol. The number of nitrogens with zero attached hydrogens (tertiary/aromatic N) is 3. The summed E-state index contributed by atoms with van der Waals surface area (Å²) in [7, 11) is 0. The van der Waals surface area contributed by atoms with Crippen molar-refractivity contribution in [3.8, 4) is 0 Å². The lowest BCUT2D eigenvalue weighted by Crippen LogP contribution is -2.46. The predicted molar refractivity (Wildman–Crippen MR) is 106 cm³/mol. The molecule has 2 saturated carbocycles. The maximum Gasteiger partial charge on any atom is 0.372 e. The second-order valence-corrected chi connectivity index (χ2v) is 8.22. The molecule has 6 nitrogen and oxygen atoms in total. The largest absolute Gasteiger partial charge is 0.372 e. The summed E-state index contributed by atoms with van der Waals surface area (Å²) in [4.78, 5) is 15.0. The highest BCUT2D eigenvalue weighted by molar-refractivity contribution is 5.77. The van der Waals surface area contributed by atoms with Crippen LogP contribution in [0.2, 0.25) is 0 Å². The van der Waals surface area contributed by atoms with Crippen molar-refractivity contribution in [2.45, 2.75) is 116 Å². The molecule has 2 fully saturated rings. The molecule has 2 rings (SSSR count). The summed E-state index contributed by atoms with van der Waals surface area (Å²) in [6.07, 6.45) is 12.0. The Bertz CT molecular complexity index is 464. The first-order valence-electron chi connectivity index (χ1n) is 10.5. The van der Waals surface area contributed by atoms with Gasteiger partial charge in [0.2, 0.25) is 0 Å².